The lowest BCUT2D eigenvalue weighted by Crippen LogP contribution is -2.07. The summed E-state index contributed by atoms with van der Waals surface area (Å²) in [6, 6.07) is 0. The second-order valence-corrected chi connectivity index (χ2v) is 2.83. The summed E-state index contributed by atoms with van der Waals surface area (Å²) < 4.78 is 5.08. The Morgan fingerprint density at radius 2 is 1.80 bits per heavy atom. The van der Waals surface area contributed by atoms with Crippen LogP contribution in [0.5, 0.6) is 0 Å². The first-order chi connectivity index (χ1) is 4.75. The van der Waals surface area contributed by atoms with E-state index in [2.05, 4.69) is 26.0 Å². The maximum Gasteiger partial charge on any atom is 0.0565 e. The second kappa shape index (κ2) is 3.02. The summed E-state index contributed by atoms with van der Waals surface area (Å²) in [5.41, 5.74) is 2.83. The Bertz CT molecular complexity index is 159. The molecule has 10 heavy (non-hydrogen) atoms. The van der Waals surface area contributed by atoms with Gasteiger partial charge in [0.15, 0.2) is 0 Å². The first-order valence-electron chi connectivity index (χ1n) is 3.59. The van der Waals surface area contributed by atoms with Crippen LogP contribution < -0.4 is 0 Å². The van der Waals surface area contributed by atoms with Gasteiger partial charge in [0.05, 0.1) is 6.61 Å². The number of hydrogen-bond donors (Lipinski definition) is 0. The van der Waals surface area contributed by atoms with Crippen molar-refractivity contribution in [1.82, 2.24) is 0 Å². The first kappa shape index (κ1) is 7.55. The fourth-order valence-corrected chi connectivity index (χ4v) is 1.28. The summed E-state index contributed by atoms with van der Waals surface area (Å²) in [5.74, 6) is 0.546. The van der Waals surface area contributed by atoms with Crippen molar-refractivity contribution in [1.29, 1.82) is 0 Å². The fraction of sp³-hybridized carbons (Fsp3) is 0.556. The van der Waals surface area contributed by atoms with Crippen LogP contribution in [0.25, 0.3) is 0 Å². The standard InChI is InChI=1S/C9H14O/c1-7-4-5-8(2)9(7)6-10-3/h4-5,9H,6H2,1-3H3. The Kier molecular flexibility index (Phi) is 2.28. The zero-order valence-electron chi connectivity index (χ0n) is 6.85. The molecule has 0 unspecified atom stereocenters. The van der Waals surface area contributed by atoms with Gasteiger partial charge in [-0.25, -0.2) is 0 Å². The van der Waals surface area contributed by atoms with Gasteiger partial charge in [-0.2, -0.15) is 0 Å². The predicted molar refractivity (Wildman–Crippen MR) is 42.9 cm³/mol. The Hall–Kier alpha value is -0.560. The van der Waals surface area contributed by atoms with E-state index >= 15 is 0 Å². The Labute approximate surface area is 62.4 Å². The predicted octanol–water partition coefficient (Wildman–Crippen LogP) is 2.16. The number of allylic oxidation sites excluding steroid dienone is 2. The SMILES string of the molecule is COCC1C(C)=CC=C1C. The normalized spacial score (nSPS) is 19.1. The van der Waals surface area contributed by atoms with Crippen molar-refractivity contribution in [2.75, 3.05) is 13.7 Å². The van der Waals surface area contributed by atoms with E-state index in [4.69, 9.17) is 4.74 Å². The smallest absolute Gasteiger partial charge is 0.0565 e. The third-order valence-electron chi connectivity index (χ3n) is 2.04. The fourth-order valence-electron chi connectivity index (χ4n) is 1.28. The molecule has 1 aliphatic rings. The van der Waals surface area contributed by atoms with E-state index in [1.807, 2.05) is 0 Å². The highest BCUT2D eigenvalue weighted by atomic mass is 16.5. The van der Waals surface area contributed by atoms with E-state index in [9.17, 15) is 0 Å². The molecule has 56 valence electrons. The monoisotopic (exact) mass is 138 g/mol. The zero-order valence-corrected chi connectivity index (χ0v) is 6.85. The van der Waals surface area contributed by atoms with Gasteiger partial charge in [-0.15, -0.1) is 0 Å². The minimum atomic E-state index is 0.546. The highest BCUT2D eigenvalue weighted by Crippen LogP contribution is 2.25. The van der Waals surface area contributed by atoms with Crippen LogP contribution in [0.4, 0.5) is 0 Å². The minimum Gasteiger partial charge on any atom is -0.384 e. The van der Waals surface area contributed by atoms with Gasteiger partial charge < -0.3 is 4.74 Å². The highest BCUT2D eigenvalue weighted by molar-refractivity contribution is 5.32. The lowest BCUT2D eigenvalue weighted by molar-refractivity contribution is 0.178. The average molecular weight is 138 g/mol. The van der Waals surface area contributed by atoms with E-state index < -0.39 is 0 Å². The van der Waals surface area contributed by atoms with E-state index in [0.717, 1.165) is 6.61 Å². The maximum absolute atomic E-state index is 5.08. The molecular formula is C9H14O. The van der Waals surface area contributed by atoms with Gasteiger partial charge in [0.2, 0.25) is 0 Å². The van der Waals surface area contributed by atoms with Gasteiger partial charge in [-0.1, -0.05) is 23.3 Å². The van der Waals surface area contributed by atoms with E-state index in [0.29, 0.717) is 5.92 Å². The van der Waals surface area contributed by atoms with Crippen LogP contribution in [-0.4, -0.2) is 13.7 Å². The molecule has 0 N–H and O–H groups in total. The largest absolute Gasteiger partial charge is 0.384 e. The summed E-state index contributed by atoms with van der Waals surface area (Å²) in [4.78, 5) is 0. The van der Waals surface area contributed by atoms with E-state index in [1.54, 1.807) is 7.11 Å². The molecule has 0 amide bonds. The summed E-state index contributed by atoms with van der Waals surface area (Å²) >= 11 is 0. The first-order valence-corrected chi connectivity index (χ1v) is 3.59. The molecule has 1 heteroatoms. The molecule has 0 aromatic rings. The average Bonchev–Trinajstić information content (AvgIpc) is 2.20. The molecular weight excluding hydrogens is 124 g/mol. The molecule has 1 rings (SSSR count). The molecule has 0 atom stereocenters. The molecule has 0 heterocycles. The molecule has 1 nitrogen and oxygen atoms in total. The number of rotatable bonds is 2. The van der Waals surface area contributed by atoms with Crippen molar-refractivity contribution in [2.45, 2.75) is 13.8 Å². The second-order valence-electron chi connectivity index (χ2n) is 2.83. The van der Waals surface area contributed by atoms with Gasteiger partial charge in [0.25, 0.3) is 0 Å². The van der Waals surface area contributed by atoms with Crippen molar-refractivity contribution in [3.63, 3.8) is 0 Å². The highest BCUT2D eigenvalue weighted by Gasteiger charge is 2.15. The molecule has 0 radical (unpaired) electrons. The number of ether oxygens (including phenoxy) is 1. The Morgan fingerprint density at radius 3 is 2.20 bits per heavy atom. The minimum absolute atomic E-state index is 0.546. The molecule has 1 aliphatic carbocycles. The molecule has 0 fully saturated rings. The van der Waals surface area contributed by atoms with Gasteiger partial charge >= 0.3 is 0 Å². The zero-order chi connectivity index (χ0) is 7.56. The van der Waals surface area contributed by atoms with E-state index in [-0.39, 0.29) is 0 Å². The molecule has 0 saturated heterocycles. The third kappa shape index (κ3) is 1.29. The van der Waals surface area contributed by atoms with Crippen LogP contribution in [0.3, 0.4) is 0 Å². The Morgan fingerprint density at radius 1 is 1.30 bits per heavy atom. The lowest BCUT2D eigenvalue weighted by atomic mass is 9.99. The molecule has 0 bridgehead atoms. The quantitative estimate of drug-likeness (QED) is 0.568. The van der Waals surface area contributed by atoms with Crippen molar-refractivity contribution >= 4 is 0 Å². The van der Waals surface area contributed by atoms with Crippen LogP contribution in [0.15, 0.2) is 23.3 Å². The van der Waals surface area contributed by atoms with Crippen LogP contribution in [0.1, 0.15) is 13.8 Å². The third-order valence-corrected chi connectivity index (χ3v) is 2.04. The van der Waals surface area contributed by atoms with Crippen molar-refractivity contribution in [3.8, 4) is 0 Å². The lowest BCUT2D eigenvalue weighted by Gasteiger charge is -2.12. The maximum atomic E-state index is 5.08. The van der Waals surface area contributed by atoms with Gasteiger partial charge in [0, 0.05) is 13.0 Å². The Balaban J connectivity index is 2.57. The number of hydrogen-bond acceptors (Lipinski definition) is 1. The van der Waals surface area contributed by atoms with Gasteiger partial charge in [0.1, 0.15) is 0 Å². The molecule has 0 aromatic heterocycles. The van der Waals surface area contributed by atoms with Gasteiger partial charge in [-0.3, -0.25) is 0 Å². The van der Waals surface area contributed by atoms with Crippen molar-refractivity contribution in [3.05, 3.63) is 23.3 Å². The summed E-state index contributed by atoms with van der Waals surface area (Å²) in [6.07, 6.45) is 4.33. The molecule has 0 saturated carbocycles. The number of methoxy groups -OCH3 is 1. The summed E-state index contributed by atoms with van der Waals surface area (Å²) in [6.45, 7) is 5.12. The van der Waals surface area contributed by atoms with Crippen molar-refractivity contribution < 1.29 is 4.74 Å². The van der Waals surface area contributed by atoms with Crippen LogP contribution >= 0.6 is 0 Å². The summed E-state index contributed by atoms with van der Waals surface area (Å²) in [5, 5.41) is 0. The molecule has 0 aliphatic heterocycles. The van der Waals surface area contributed by atoms with Gasteiger partial charge in [-0.05, 0) is 13.8 Å². The van der Waals surface area contributed by atoms with Crippen LogP contribution in [-0.2, 0) is 4.74 Å². The van der Waals surface area contributed by atoms with E-state index in [1.165, 1.54) is 11.1 Å². The topological polar surface area (TPSA) is 9.23 Å². The van der Waals surface area contributed by atoms with Crippen LogP contribution in [0, 0.1) is 5.92 Å². The summed E-state index contributed by atoms with van der Waals surface area (Å²) in [7, 11) is 1.75. The molecule has 0 aromatic carbocycles. The van der Waals surface area contributed by atoms with Crippen LogP contribution in [0.2, 0.25) is 0 Å². The van der Waals surface area contributed by atoms with Crippen molar-refractivity contribution in [2.24, 2.45) is 5.92 Å². The molecule has 0 spiro atoms.